The third-order valence-corrected chi connectivity index (χ3v) is 5.45. The summed E-state index contributed by atoms with van der Waals surface area (Å²) in [4.78, 5) is 27.7. The van der Waals surface area contributed by atoms with Gasteiger partial charge in [0.25, 0.3) is 5.91 Å². The first-order valence-electron chi connectivity index (χ1n) is 9.46. The predicted octanol–water partition coefficient (Wildman–Crippen LogP) is 0.367. The second-order valence-corrected chi connectivity index (χ2v) is 7.59. The Balaban J connectivity index is 1.50. The average molecular weight is 363 g/mol. The van der Waals surface area contributed by atoms with Crippen LogP contribution in [0.25, 0.3) is 0 Å². The minimum atomic E-state index is -0.760. The fourth-order valence-corrected chi connectivity index (χ4v) is 4.02. The van der Waals surface area contributed by atoms with Crippen molar-refractivity contribution in [1.82, 2.24) is 25.3 Å². The molecule has 0 saturated carbocycles. The van der Waals surface area contributed by atoms with E-state index in [-0.39, 0.29) is 17.9 Å². The van der Waals surface area contributed by atoms with E-state index in [1.54, 1.807) is 24.1 Å². The topological polar surface area (TPSA) is 102 Å². The molecule has 8 nitrogen and oxygen atoms in total. The first-order chi connectivity index (χ1) is 12.5. The molecule has 3 heterocycles. The summed E-state index contributed by atoms with van der Waals surface area (Å²) < 4.78 is 0. The Bertz CT molecular complexity index is 612. The van der Waals surface area contributed by atoms with Crippen molar-refractivity contribution in [2.24, 2.45) is 0 Å². The molecule has 0 aromatic carbocycles. The number of hydrogen-bond acceptors (Lipinski definition) is 5. The van der Waals surface area contributed by atoms with Crippen LogP contribution in [0.15, 0.2) is 12.3 Å². The van der Waals surface area contributed by atoms with Crippen LogP contribution in [-0.4, -0.2) is 81.3 Å². The zero-order valence-electron chi connectivity index (χ0n) is 15.4. The number of nitrogens with one attached hydrogen (secondary N) is 2. The molecule has 0 bridgehead atoms. The Morgan fingerprint density at radius 1 is 1.31 bits per heavy atom. The van der Waals surface area contributed by atoms with Gasteiger partial charge in [-0.2, -0.15) is 5.10 Å². The molecule has 2 saturated heterocycles. The number of nitrogens with zero attached hydrogens (tertiary/aromatic N) is 3. The normalized spacial score (nSPS) is 25.7. The lowest BCUT2D eigenvalue weighted by Crippen LogP contribution is -2.50. The second-order valence-electron chi connectivity index (χ2n) is 7.59. The minimum Gasteiger partial charge on any atom is -0.388 e. The fraction of sp³-hybridized carbons (Fsp3) is 0.722. The summed E-state index contributed by atoms with van der Waals surface area (Å²) in [5.74, 6) is -0.0317. The van der Waals surface area contributed by atoms with Crippen LogP contribution in [0.1, 0.15) is 49.5 Å². The summed E-state index contributed by atoms with van der Waals surface area (Å²) in [5.41, 5.74) is -0.264. The number of carbonyl (C=O) groups is 2. The average Bonchev–Trinajstić information content (AvgIpc) is 3.06. The van der Waals surface area contributed by atoms with Crippen molar-refractivity contribution in [1.29, 1.82) is 0 Å². The maximum atomic E-state index is 12.5. The number of rotatable bonds is 4. The van der Waals surface area contributed by atoms with Gasteiger partial charge in [-0.25, -0.2) is 0 Å². The van der Waals surface area contributed by atoms with Crippen molar-refractivity contribution in [2.45, 2.75) is 50.7 Å². The highest BCUT2D eigenvalue weighted by Gasteiger charge is 2.34. The molecule has 1 aromatic heterocycles. The summed E-state index contributed by atoms with van der Waals surface area (Å²) in [7, 11) is 0. The second kappa shape index (κ2) is 8.18. The van der Waals surface area contributed by atoms with E-state index < -0.39 is 5.60 Å². The van der Waals surface area contributed by atoms with Crippen LogP contribution in [0.5, 0.6) is 0 Å². The molecular weight excluding hydrogens is 334 g/mol. The van der Waals surface area contributed by atoms with E-state index in [0.717, 1.165) is 32.4 Å². The Kier molecular flexibility index (Phi) is 5.93. The molecule has 8 heteroatoms. The first-order valence-corrected chi connectivity index (χ1v) is 9.46. The molecule has 144 valence electrons. The SMILES string of the molecule is CC(=O)NC1CCN(C[C@@]2(O)CCCN(C(=O)c3ccn[nH]3)CC2)CC1. The van der Waals surface area contributed by atoms with Crippen molar-refractivity contribution in [3.05, 3.63) is 18.0 Å². The Hall–Kier alpha value is -1.93. The molecule has 1 atom stereocenters. The van der Waals surface area contributed by atoms with E-state index in [1.807, 2.05) is 0 Å². The molecule has 2 aliphatic heterocycles. The summed E-state index contributed by atoms with van der Waals surface area (Å²) in [6, 6.07) is 1.92. The molecule has 0 unspecified atom stereocenters. The standard InChI is InChI=1S/C18H29N5O3/c1-14(24)20-15-4-10-22(11-5-15)13-18(26)6-2-9-23(12-7-18)17(25)16-3-8-19-21-16/h3,8,15,26H,2,4-7,9-13H2,1H3,(H,19,21)(H,20,24)/t18-/m1/s1. The number of β-amino-alcohol motifs (C(OH)–C–C–N with tert-alkyl or cyclic N) is 1. The lowest BCUT2D eigenvalue weighted by molar-refractivity contribution is -0.120. The summed E-state index contributed by atoms with van der Waals surface area (Å²) in [6.45, 7) is 5.15. The zero-order valence-corrected chi connectivity index (χ0v) is 15.4. The van der Waals surface area contributed by atoms with Crippen LogP contribution < -0.4 is 5.32 Å². The van der Waals surface area contributed by atoms with Gasteiger partial charge in [-0.05, 0) is 38.2 Å². The number of H-pyrrole nitrogens is 1. The number of likely N-dealkylation sites (tertiary alicyclic amines) is 2. The van der Waals surface area contributed by atoms with Gasteiger partial charge in [0.2, 0.25) is 5.91 Å². The highest BCUT2D eigenvalue weighted by atomic mass is 16.3. The van der Waals surface area contributed by atoms with Crippen LogP contribution >= 0.6 is 0 Å². The van der Waals surface area contributed by atoms with Gasteiger partial charge < -0.3 is 20.2 Å². The number of piperidine rings is 1. The molecule has 0 spiro atoms. The number of aromatic amines is 1. The van der Waals surface area contributed by atoms with Crippen LogP contribution in [0, 0.1) is 0 Å². The van der Waals surface area contributed by atoms with Gasteiger partial charge in [-0.15, -0.1) is 0 Å². The van der Waals surface area contributed by atoms with Gasteiger partial charge in [0.05, 0.1) is 5.60 Å². The van der Waals surface area contributed by atoms with E-state index in [1.165, 1.54) is 0 Å². The molecule has 0 radical (unpaired) electrons. The van der Waals surface area contributed by atoms with E-state index in [0.29, 0.717) is 38.2 Å². The summed E-state index contributed by atoms with van der Waals surface area (Å²) >= 11 is 0. The van der Waals surface area contributed by atoms with Gasteiger partial charge in [0, 0.05) is 51.9 Å². The highest BCUT2D eigenvalue weighted by molar-refractivity contribution is 5.92. The summed E-state index contributed by atoms with van der Waals surface area (Å²) in [5, 5.41) is 20.6. The minimum absolute atomic E-state index is 0.0212. The molecule has 2 amide bonds. The Morgan fingerprint density at radius 3 is 2.73 bits per heavy atom. The third-order valence-electron chi connectivity index (χ3n) is 5.45. The van der Waals surface area contributed by atoms with Gasteiger partial charge in [-0.3, -0.25) is 14.7 Å². The predicted molar refractivity (Wildman–Crippen MR) is 96.6 cm³/mol. The lowest BCUT2D eigenvalue weighted by Gasteiger charge is -2.38. The van der Waals surface area contributed by atoms with Crippen LogP contribution in [0.2, 0.25) is 0 Å². The quantitative estimate of drug-likeness (QED) is 0.717. The molecule has 3 N–H and O–H groups in total. The largest absolute Gasteiger partial charge is 0.388 e. The maximum Gasteiger partial charge on any atom is 0.271 e. The van der Waals surface area contributed by atoms with Gasteiger partial charge in [-0.1, -0.05) is 0 Å². The molecule has 1 aromatic rings. The monoisotopic (exact) mass is 363 g/mol. The van der Waals surface area contributed by atoms with Crippen molar-refractivity contribution in [3.63, 3.8) is 0 Å². The Morgan fingerprint density at radius 2 is 2.08 bits per heavy atom. The van der Waals surface area contributed by atoms with Crippen LogP contribution in [0.4, 0.5) is 0 Å². The van der Waals surface area contributed by atoms with Crippen molar-refractivity contribution in [3.8, 4) is 0 Å². The van der Waals surface area contributed by atoms with Crippen LogP contribution in [0.3, 0.4) is 0 Å². The first kappa shape index (κ1) is 18.8. The fourth-order valence-electron chi connectivity index (χ4n) is 4.02. The van der Waals surface area contributed by atoms with E-state index >= 15 is 0 Å². The van der Waals surface area contributed by atoms with Crippen LogP contribution in [-0.2, 0) is 4.79 Å². The molecule has 2 fully saturated rings. The van der Waals surface area contributed by atoms with Crippen molar-refractivity contribution >= 4 is 11.8 Å². The number of hydrogen-bond donors (Lipinski definition) is 3. The third kappa shape index (κ3) is 4.82. The maximum absolute atomic E-state index is 12.5. The molecule has 0 aliphatic carbocycles. The molecule has 3 rings (SSSR count). The van der Waals surface area contributed by atoms with E-state index in [4.69, 9.17) is 0 Å². The molecule has 26 heavy (non-hydrogen) atoms. The lowest BCUT2D eigenvalue weighted by atomic mass is 9.93. The summed E-state index contributed by atoms with van der Waals surface area (Å²) in [6.07, 6.45) is 5.48. The molecular formula is C18H29N5O3. The molecule has 2 aliphatic rings. The number of aromatic nitrogens is 2. The number of carbonyl (C=O) groups excluding carboxylic acids is 2. The van der Waals surface area contributed by atoms with E-state index in [2.05, 4.69) is 20.4 Å². The Labute approximate surface area is 153 Å². The van der Waals surface area contributed by atoms with Gasteiger partial charge >= 0.3 is 0 Å². The van der Waals surface area contributed by atoms with Gasteiger partial charge in [0.15, 0.2) is 0 Å². The van der Waals surface area contributed by atoms with Gasteiger partial charge in [0.1, 0.15) is 5.69 Å². The van der Waals surface area contributed by atoms with E-state index in [9.17, 15) is 14.7 Å². The highest BCUT2D eigenvalue weighted by Crippen LogP contribution is 2.25. The number of aliphatic hydroxyl groups is 1. The number of amides is 2. The van der Waals surface area contributed by atoms with Crippen molar-refractivity contribution in [2.75, 3.05) is 32.7 Å². The smallest absolute Gasteiger partial charge is 0.271 e. The van der Waals surface area contributed by atoms with Crippen molar-refractivity contribution < 1.29 is 14.7 Å². The zero-order chi connectivity index (χ0) is 18.6.